The molecule has 0 fully saturated rings. The Hall–Kier alpha value is -0.440. The third-order valence-corrected chi connectivity index (χ3v) is 7.01. The van der Waals surface area contributed by atoms with Gasteiger partial charge in [0.25, 0.3) is 10.0 Å². The Kier molecular flexibility index (Phi) is 6.83. The molecule has 0 atom stereocenters. The van der Waals surface area contributed by atoms with Gasteiger partial charge in [0, 0.05) is 6.54 Å². The van der Waals surface area contributed by atoms with E-state index < -0.39 is 16.0 Å². The maximum Gasteiger partial charge on any atom is 0.321 e. The Morgan fingerprint density at radius 3 is 2.52 bits per heavy atom. The van der Waals surface area contributed by atoms with Crippen LogP contribution in [0.5, 0.6) is 0 Å². The lowest BCUT2D eigenvalue weighted by atomic mass is 10.2. The van der Waals surface area contributed by atoms with E-state index in [4.69, 9.17) is 4.74 Å². The standard InChI is InChI=1S/C13H20BrNO4S2/c1-5-19-11(16)8-15(7-9(2)3)21(17,18)12-6-10(4)13(14)20-12/h6,9H,5,7-8H2,1-4H3. The summed E-state index contributed by atoms with van der Waals surface area (Å²) in [5.41, 5.74) is 0.860. The van der Waals surface area contributed by atoms with Crippen LogP contribution in [0.1, 0.15) is 26.3 Å². The van der Waals surface area contributed by atoms with Gasteiger partial charge in [0.1, 0.15) is 10.8 Å². The second-order valence-corrected chi connectivity index (χ2v) is 9.55. The van der Waals surface area contributed by atoms with Gasteiger partial charge in [-0.15, -0.1) is 11.3 Å². The summed E-state index contributed by atoms with van der Waals surface area (Å²) in [7, 11) is -3.69. The number of carbonyl (C=O) groups excluding carboxylic acids is 1. The third kappa shape index (κ3) is 5.05. The van der Waals surface area contributed by atoms with Crippen molar-refractivity contribution in [2.24, 2.45) is 5.92 Å². The van der Waals surface area contributed by atoms with Crippen LogP contribution in [-0.2, 0) is 19.6 Å². The van der Waals surface area contributed by atoms with Gasteiger partial charge in [0.15, 0.2) is 0 Å². The molecule has 0 aliphatic carbocycles. The lowest BCUT2D eigenvalue weighted by Gasteiger charge is -2.22. The van der Waals surface area contributed by atoms with Crippen LogP contribution in [0.3, 0.4) is 0 Å². The molecule has 0 aliphatic heterocycles. The van der Waals surface area contributed by atoms with Gasteiger partial charge in [-0.05, 0) is 47.3 Å². The van der Waals surface area contributed by atoms with E-state index in [1.54, 1.807) is 13.0 Å². The van der Waals surface area contributed by atoms with Crippen molar-refractivity contribution < 1.29 is 17.9 Å². The Bertz CT molecular complexity index is 576. The minimum Gasteiger partial charge on any atom is -0.465 e. The van der Waals surface area contributed by atoms with Crippen LogP contribution in [0.15, 0.2) is 14.1 Å². The zero-order chi connectivity index (χ0) is 16.2. The van der Waals surface area contributed by atoms with E-state index in [1.807, 2.05) is 20.8 Å². The van der Waals surface area contributed by atoms with Crippen molar-refractivity contribution in [3.63, 3.8) is 0 Å². The maximum absolute atomic E-state index is 12.7. The van der Waals surface area contributed by atoms with Crippen molar-refractivity contribution in [1.29, 1.82) is 0 Å². The number of ether oxygens (including phenoxy) is 1. The smallest absolute Gasteiger partial charge is 0.321 e. The van der Waals surface area contributed by atoms with Crippen molar-refractivity contribution in [3.8, 4) is 0 Å². The highest BCUT2D eigenvalue weighted by atomic mass is 79.9. The molecule has 1 heterocycles. The summed E-state index contributed by atoms with van der Waals surface area (Å²) in [6.45, 7) is 7.58. The van der Waals surface area contributed by atoms with Crippen molar-refractivity contribution >= 4 is 43.3 Å². The Labute approximate surface area is 138 Å². The highest BCUT2D eigenvalue weighted by molar-refractivity contribution is 9.11. The second-order valence-electron chi connectivity index (χ2n) is 5.02. The molecule has 1 aromatic rings. The molecule has 0 saturated heterocycles. The first kappa shape index (κ1) is 18.6. The van der Waals surface area contributed by atoms with E-state index in [-0.39, 0.29) is 29.8 Å². The van der Waals surface area contributed by atoms with Crippen molar-refractivity contribution in [1.82, 2.24) is 4.31 Å². The molecule has 0 unspecified atom stereocenters. The largest absolute Gasteiger partial charge is 0.465 e. The molecule has 21 heavy (non-hydrogen) atoms. The Balaban J connectivity index is 3.08. The number of thiophene rings is 1. The zero-order valence-corrected chi connectivity index (χ0v) is 15.8. The number of halogens is 1. The quantitative estimate of drug-likeness (QED) is 0.663. The fourth-order valence-electron chi connectivity index (χ4n) is 1.69. The third-order valence-electron chi connectivity index (χ3n) is 2.61. The average molecular weight is 398 g/mol. The van der Waals surface area contributed by atoms with Gasteiger partial charge in [-0.2, -0.15) is 4.31 Å². The Morgan fingerprint density at radius 2 is 2.10 bits per heavy atom. The number of rotatable bonds is 7. The molecule has 1 aromatic heterocycles. The molecule has 0 aromatic carbocycles. The molecule has 8 heteroatoms. The second kappa shape index (κ2) is 7.71. The highest BCUT2D eigenvalue weighted by Crippen LogP contribution is 2.32. The summed E-state index contributed by atoms with van der Waals surface area (Å²) in [5, 5.41) is 0. The maximum atomic E-state index is 12.7. The summed E-state index contributed by atoms with van der Waals surface area (Å²) in [6.07, 6.45) is 0. The molecule has 0 saturated carbocycles. The van der Waals surface area contributed by atoms with Crippen molar-refractivity contribution in [3.05, 3.63) is 15.4 Å². The molecule has 0 aliphatic rings. The number of hydrogen-bond acceptors (Lipinski definition) is 5. The Morgan fingerprint density at radius 1 is 1.48 bits per heavy atom. The van der Waals surface area contributed by atoms with E-state index in [2.05, 4.69) is 15.9 Å². The van der Waals surface area contributed by atoms with E-state index in [9.17, 15) is 13.2 Å². The monoisotopic (exact) mass is 397 g/mol. The van der Waals surface area contributed by atoms with E-state index >= 15 is 0 Å². The molecule has 0 amide bonds. The van der Waals surface area contributed by atoms with E-state index in [0.29, 0.717) is 0 Å². The number of hydrogen-bond donors (Lipinski definition) is 0. The molecule has 0 radical (unpaired) electrons. The van der Waals surface area contributed by atoms with Gasteiger partial charge in [-0.25, -0.2) is 8.42 Å². The summed E-state index contributed by atoms with van der Waals surface area (Å²) in [6, 6.07) is 1.61. The molecule has 120 valence electrons. The molecular formula is C13H20BrNO4S2. The molecule has 5 nitrogen and oxygen atoms in total. The average Bonchev–Trinajstić information content (AvgIpc) is 2.69. The van der Waals surface area contributed by atoms with Crippen LogP contribution in [0.4, 0.5) is 0 Å². The van der Waals surface area contributed by atoms with Gasteiger partial charge in [-0.3, -0.25) is 4.79 Å². The van der Waals surface area contributed by atoms with Gasteiger partial charge < -0.3 is 4.74 Å². The first-order valence-corrected chi connectivity index (χ1v) is 9.65. The number of carbonyl (C=O) groups is 1. The predicted octanol–water partition coefficient (Wildman–Crippen LogP) is 3.03. The van der Waals surface area contributed by atoms with E-state index in [0.717, 1.165) is 20.7 Å². The number of aryl methyl sites for hydroxylation is 1. The van der Waals surface area contributed by atoms with Gasteiger partial charge in [0.05, 0.1) is 10.4 Å². The summed E-state index contributed by atoms with van der Waals surface area (Å²) in [4.78, 5) is 11.7. The van der Waals surface area contributed by atoms with E-state index in [1.165, 1.54) is 4.31 Å². The lowest BCUT2D eigenvalue weighted by Crippen LogP contribution is -2.38. The highest BCUT2D eigenvalue weighted by Gasteiger charge is 2.29. The molecule has 0 N–H and O–H groups in total. The van der Waals surface area contributed by atoms with Crippen LogP contribution in [0.2, 0.25) is 0 Å². The fourth-order valence-corrected chi connectivity index (χ4v) is 5.62. The fraction of sp³-hybridized carbons (Fsp3) is 0.615. The number of nitrogens with zero attached hydrogens (tertiary/aromatic N) is 1. The van der Waals surface area contributed by atoms with Gasteiger partial charge in [-0.1, -0.05) is 13.8 Å². The minimum atomic E-state index is -3.69. The molecular weight excluding hydrogens is 378 g/mol. The summed E-state index contributed by atoms with van der Waals surface area (Å²) < 4.78 is 32.4. The summed E-state index contributed by atoms with van der Waals surface area (Å²) >= 11 is 4.48. The lowest BCUT2D eigenvalue weighted by molar-refractivity contribution is -0.143. The van der Waals surface area contributed by atoms with Crippen LogP contribution in [-0.4, -0.2) is 38.4 Å². The molecule has 1 rings (SSSR count). The zero-order valence-electron chi connectivity index (χ0n) is 12.6. The topological polar surface area (TPSA) is 63.7 Å². The molecule has 0 spiro atoms. The minimum absolute atomic E-state index is 0.110. The van der Waals surface area contributed by atoms with Crippen molar-refractivity contribution in [2.45, 2.75) is 31.9 Å². The number of esters is 1. The number of sulfonamides is 1. The van der Waals surface area contributed by atoms with Crippen molar-refractivity contribution in [2.75, 3.05) is 19.7 Å². The normalized spacial score (nSPS) is 12.1. The van der Waals surface area contributed by atoms with Crippen LogP contribution >= 0.6 is 27.3 Å². The first-order chi connectivity index (χ1) is 9.68. The predicted molar refractivity (Wildman–Crippen MR) is 87.0 cm³/mol. The van der Waals surface area contributed by atoms with Gasteiger partial charge >= 0.3 is 5.97 Å². The van der Waals surface area contributed by atoms with Crippen LogP contribution < -0.4 is 0 Å². The SMILES string of the molecule is CCOC(=O)CN(CC(C)C)S(=O)(=O)c1cc(C)c(Br)s1. The molecule has 0 bridgehead atoms. The van der Waals surface area contributed by atoms with Gasteiger partial charge in [0.2, 0.25) is 0 Å². The summed E-state index contributed by atoms with van der Waals surface area (Å²) in [5.74, 6) is -0.423. The first-order valence-electron chi connectivity index (χ1n) is 6.60. The van der Waals surface area contributed by atoms with Crippen LogP contribution in [0.25, 0.3) is 0 Å². The van der Waals surface area contributed by atoms with Crippen LogP contribution in [0, 0.1) is 12.8 Å².